The fourth-order valence-corrected chi connectivity index (χ4v) is 2.03. The van der Waals surface area contributed by atoms with E-state index < -0.39 is 17.8 Å². The molecule has 2 rings (SSSR count). The van der Waals surface area contributed by atoms with Crippen LogP contribution in [-0.2, 0) is 6.42 Å². The lowest BCUT2D eigenvalue weighted by Crippen LogP contribution is -2.00. The van der Waals surface area contributed by atoms with Gasteiger partial charge in [0.15, 0.2) is 0 Å². The van der Waals surface area contributed by atoms with E-state index in [9.17, 15) is 22.0 Å². The standard InChI is InChI=1S/C17H13F5/c1-2-11-3-6-14(16(19)9-11)13-5-4-12(15(18)10-13)7-8-17(20,21)22/h3-10H,2H2,1H3/b8-7+. The van der Waals surface area contributed by atoms with Crippen molar-refractivity contribution in [2.75, 3.05) is 0 Å². The summed E-state index contributed by atoms with van der Waals surface area (Å²) < 4.78 is 64.1. The molecule has 0 heterocycles. The lowest BCUT2D eigenvalue weighted by atomic mass is 10.0. The molecule has 0 spiro atoms. The SMILES string of the molecule is CCc1ccc(-c2ccc(/C=C/C(F)(F)F)c(F)c2)c(F)c1. The zero-order chi connectivity index (χ0) is 16.3. The van der Waals surface area contributed by atoms with Crippen molar-refractivity contribution in [2.24, 2.45) is 0 Å². The normalized spacial score (nSPS) is 12.1. The van der Waals surface area contributed by atoms with Crippen molar-refractivity contribution < 1.29 is 22.0 Å². The third kappa shape index (κ3) is 3.93. The molecule has 0 unspecified atom stereocenters. The predicted octanol–water partition coefficient (Wildman–Crippen LogP) is 5.77. The average molecular weight is 312 g/mol. The van der Waals surface area contributed by atoms with E-state index in [1.54, 1.807) is 6.07 Å². The van der Waals surface area contributed by atoms with Gasteiger partial charge in [-0.3, -0.25) is 0 Å². The minimum atomic E-state index is -4.51. The van der Waals surface area contributed by atoms with E-state index in [-0.39, 0.29) is 22.8 Å². The van der Waals surface area contributed by atoms with Gasteiger partial charge in [-0.25, -0.2) is 8.78 Å². The molecule has 116 valence electrons. The van der Waals surface area contributed by atoms with Crippen LogP contribution in [0.3, 0.4) is 0 Å². The summed E-state index contributed by atoms with van der Waals surface area (Å²) in [6.45, 7) is 1.88. The topological polar surface area (TPSA) is 0 Å². The van der Waals surface area contributed by atoms with Gasteiger partial charge < -0.3 is 0 Å². The van der Waals surface area contributed by atoms with Crippen molar-refractivity contribution in [3.05, 3.63) is 65.2 Å². The van der Waals surface area contributed by atoms with Gasteiger partial charge in [-0.05, 0) is 35.8 Å². The van der Waals surface area contributed by atoms with Crippen LogP contribution in [0.4, 0.5) is 22.0 Å². The van der Waals surface area contributed by atoms with E-state index in [2.05, 4.69) is 0 Å². The number of allylic oxidation sites excluding steroid dienone is 1. The van der Waals surface area contributed by atoms with Crippen LogP contribution in [0.15, 0.2) is 42.5 Å². The molecule has 0 aliphatic heterocycles. The number of rotatable bonds is 3. The van der Waals surface area contributed by atoms with Gasteiger partial charge in [0.05, 0.1) is 0 Å². The smallest absolute Gasteiger partial charge is 0.206 e. The minimum Gasteiger partial charge on any atom is -0.206 e. The second-order valence-electron chi connectivity index (χ2n) is 4.78. The quantitative estimate of drug-likeness (QED) is 0.631. The Bertz CT molecular complexity index is 699. The third-order valence-electron chi connectivity index (χ3n) is 3.21. The van der Waals surface area contributed by atoms with Gasteiger partial charge in [0.25, 0.3) is 0 Å². The van der Waals surface area contributed by atoms with Gasteiger partial charge in [0.2, 0.25) is 0 Å². The molecular weight excluding hydrogens is 299 g/mol. The maximum Gasteiger partial charge on any atom is 0.409 e. The summed E-state index contributed by atoms with van der Waals surface area (Å²) in [5, 5.41) is 0. The largest absolute Gasteiger partial charge is 0.409 e. The van der Waals surface area contributed by atoms with E-state index >= 15 is 0 Å². The highest BCUT2D eigenvalue weighted by Crippen LogP contribution is 2.27. The minimum absolute atomic E-state index is 0.0400. The molecule has 0 aliphatic rings. The van der Waals surface area contributed by atoms with Gasteiger partial charge in [-0.15, -0.1) is 0 Å². The molecule has 0 aliphatic carbocycles. The van der Waals surface area contributed by atoms with Crippen LogP contribution in [0.1, 0.15) is 18.1 Å². The van der Waals surface area contributed by atoms with Crippen molar-refractivity contribution >= 4 is 6.08 Å². The molecule has 0 atom stereocenters. The highest BCUT2D eigenvalue weighted by atomic mass is 19.4. The molecule has 22 heavy (non-hydrogen) atoms. The molecule has 0 radical (unpaired) electrons. The molecule has 5 heteroatoms. The highest BCUT2D eigenvalue weighted by Gasteiger charge is 2.22. The summed E-state index contributed by atoms with van der Waals surface area (Å²) in [5.41, 5.74) is 1.10. The van der Waals surface area contributed by atoms with E-state index in [1.807, 2.05) is 6.92 Å². The predicted molar refractivity (Wildman–Crippen MR) is 76.3 cm³/mol. The lowest BCUT2D eigenvalue weighted by molar-refractivity contribution is -0.0790. The van der Waals surface area contributed by atoms with Crippen molar-refractivity contribution in [3.63, 3.8) is 0 Å². The summed E-state index contributed by atoms with van der Waals surface area (Å²) in [6.07, 6.45) is -3.22. The first-order chi connectivity index (χ1) is 10.3. The second kappa shape index (κ2) is 6.30. The monoisotopic (exact) mass is 312 g/mol. The molecule has 0 fully saturated rings. The maximum atomic E-state index is 14.0. The Hall–Kier alpha value is -2.17. The molecule has 2 aromatic carbocycles. The fourth-order valence-electron chi connectivity index (χ4n) is 2.03. The number of alkyl halides is 3. The van der Waals surface area contributed by atoms with Crippen LogP contribution in [0.2, 0.25) is 0 Å². The Morgan fingerprint density at radius 2 is 1.68 bits per heavy atom. The van der Waals surface area contributed by atoms with Gasteiger partial charge in [0, 0.05) is 17.2 Å². The number of benzene rings is 2. The molecule has 0 nitrogen and oxygen atoms in total. The number of hydrogen-bond donors (Lipinski definition) is 0. The zero-order valence-electron chi connectivity index (χ0n) is 11.7. The summed E-state index contributed by atoms with van der Waals surface area (Å²) in [7, 11) is 0. The molecular formula is C17H13F5. The van der Waals surface area contributed by atoms with Crippen molar-refractivity contribution in [1.29, 1.82) is 0 Å². The van der Waals surface area contributed by atoms with Gasteiger partial charge in [-0.1, -0.05) is 31.2 Å². The van der Waals surface area contributed by atoms with Crippen LogP contribution in [-0.4, -0.2) is 6.18 Å². The number of aryl methyl sites for hydroxylation is 1. The highest BCUT2D eigenvalue weighted by molar-refractivity contribution is 5.67. The zero-order valence-corrected chi connectivity index (χ0v) is 11.7. The fraction of sp³-hybridized carbons (Fsp3) is 0.176. The van der Waals surface area contributed by atoms with E-state index in [0.29, 0.717) is 12.5 Å². The van der Waals surface area contributed by atoms with E-state index in [1.165, 1.54) is 24.3 Å². The summed E-state index contributed by atoms with van der Waals surface area (Å²) in [5.74, 6) is -1.32. The van der Waals surface area contributed by atoms with Gasteiger partial charge in [0.1, 0.15) is 11.6 Å². The van der Waals surface area contributed by atoms with E-state index in [4.69, 9.17) is 0 Å². The van der Waals surface area contributed by atoms with Gasteiger partial charge in [-0.2, -0.15) is 13.2 Å². The van der Waals surface area contributed by atoms with Crippen LogP contribution in [0.5, 0.6) is 0 Å². The second-order valence-corrected chi connectivity index (χ2v) is 4.78. The Balaban J connectivity index is 2.35. The Labute approximate surface area is 124 Å². The van der Waals surface area contributed by atoms with Crippen molar-refractivity contribution in [3.8, 4) is 11.1 Å². The number of hydrogen-bond acceptors (Lipinski definition) is 0. The number of halogens is 5. The Morgan fingerprint density at radius 3 is 2.23 bits per heavy atom. The van der Waals surface area contributed by atoms with Crippen molar-refractivity contribution in [1.82, 2.24) is 0 Å². The molecule has 0 bridgehead atoms. The molecule has 0 saturated carbocycles. The van der Waals surface area contributed by atoms with Crippen LogP contribution in [0.25, 0.3) is 17.2 Å². The molecule has 0 N–H and O–H groups in total. The Kier molecular flexibility index (Phi) is 4.64. The van der Waals surface area contributed by atoms with Crippen LogP contribution < -0.4 is 0 Å². The third-order valence-corrected chi connectivity index (χ3v) is 3.21. The first-order valence-corrected chi connectivity index (χ1v) is 6.64. The Morgan fingerprint density at radius 1 is 0.955 bits per heavy atom. The first kappa shape index (κ1) is 16.2. The summed E-state index contributed by atoms with van der Waals surface area (Å²) >= 11 is 0. The van der Waals surface area contributed by atoms with Gasteiger partial charge >= 0.3 is 6.18 Å². The molecule has 0 saturated heterocycles. The maximum absolute atomic E-state index is 14.0. The summed E-state index contributed by atoms with van der Waals surface area (Å²) in [6, 6.07) is 8.25. The van der Waals surface area contributed by atoms with Crippen LogP contribution in [0, 0.1) is 11.6 Å². The van der Waals surface area contributed by atoms with Crippen LogP contribution >= 0.6 is 0 Å². The lowest BCUT2D eigenvalue weighted by Gasteiger charge is -2.07. The molecule has 2 aromatic rings. The van der Waals surface area contributed by atoms with E-state index in [0.717, 1.165) is 11.6 Å². The first-order valence-electron chi connectivity index (χ1n) is 6.64. The molecule has 0 aromatic heterocycles. The average Bonchev–Trinajstić information content (AvgIpc) is 2.44. The summed E-state index contributed by atoms with van der Waals surface area (Å²) in [4.78, 5) is 0. The molecule has 0 amide bonds. The van der Waals surface area contributed by atoms with Crippen molar-refractivity contribution in [2.45, 2.75) is 19.5 Å².